The number of hydrogen-bond acceptors (Lipinski definition) is 2. The quantitative estimate of drug-likeness (QED) is 0.743. The van der Waals surface area contributed by atoms with Crippen molar-refractivity contribution in [3.63, 3.8) is 0 Å². The highest BCUT2D eigenvalue weighted by Gasteiger charge is 2.31. The Bertz CT molecular complexity index is 525. The number of anilines is 1. The fourth-order valence-corrected chi connectivity index (χ4v) is 1.82. The summed E-state index contributed by atoms with van der Waals surface area (Å²) in [5.41, 5.74) is 0.279. The van der Waals surface area contributed by atoms with Crippen molar-refractivity contribution >= 4 is 33.4 Å². The zero-order valence-corrected chi connectivity index (χ0v) is 9.92. The first-order valence-corrected chi connectivity index (χ1v) is 5.32. The highest BCUT2D eigenvalue weighted by molar-refractivity contribution is 9.10. The summed E-state index contributed by atoms with van der Waals surface area (Å²) in [5, 5.41) is 0. The fraction of sp³-hybridized carbons (Fsp3) is 0.0909. The van der Waals surface area contributed by atoms with E-state index < -0.39 is 17.6 Å². The smallest absolute Gasteiger partial charge is 0.261 e. The summed E-state index contributed by atoms with van der Waals surface area (Å²) >= 11 is 3.17. The Hall–Kier alpha value is -1.49. The summed E-state index contributed by atoms with van der Waals surface area (Å²) in [7, 11) is 0. The molecule has 1 aromatic carbocycles. The van der Waals surface area contributed by atoms with E-state index >= 15 is 0 Å². The first-order chi connectivity index (χ1) is 7.50. The van der Waals surface area contributed by atoms with Gasteiger partial charge in [0.1, 0.15) is 5.82 Å². The van der Waals surface area contributed by atoms with E-state index in [-0.39, 0.29) is 5.69 Å². The third-order valence-electron chi connectivity index (χ3n) is 2.25. The summed E-state index contributed by atoms with van der Waals surface area (Å²) < 4.78 is 14.1. The lowest BCUT2D eigenvalue weighted by molar-refractivity contribution is -0.120. The predicted molar refractivity (Wildman–Crippen MR) is 60.4 cm³/mol. The van der Waals surface area contributed by atoms with Crippen molar-refractivity contribution in [3.8, 4) is 0 Å². The van der Waals surface area contributed by atoms with Gasteiger partial charge in [-0.3, -0.25) is 9.59 Å². The molecule has 0 unspecified atom stereocenters. The lowest BCUT2D eigenvalue weighted by atomic mass is 10.2. The van der Waals surface area contributed by atoms with E-state index in [4.69, 9.17) is 0 Å². The molecule has 3 nitrogen and oxygen atoms in total. The van der Waals surface area contributed by atoms with E-state index in [1.807, 2.05) is 0 Å². The van der Waals surface area contributed by atoms with E-state index in [0.29, 0.717) is 10.0 Å². The number of carbonyl (C=O) groups is 2. The molecule has 0 aromatic heterocycles. The van der Waals surface area contributed by atoms with Gasteiger partial charge in [-0.2, -0.15) is 0 Å². The van der Waals surface area contributed by atoms with Gasteiger partial charge in [0.2, 0.25) is 0 Å². The van der Waals surface area contributed by atoms with Crippen LogP contribution >= 0.6 is 15.9 Å². The lowest BCUT2D eigenvalue weighted by Gasteiger charge is -2.15. The lowest BCUT2D eigenvalue weighted by Crippen LogP contribution is -2.31. The van der Waals surface area contributed by atoms with Crippen LogP contribution in [0.2, 0.25) is 0 Å². The topological polar surface area (TPSA) is 37.4 Å². The first-order valence-electron chi connectivity index (χ1n) is 4.52. The van der Waals surface area contributed by atoms with Crippen LogP contribution < -0.4 is 4.90 Å². The maximum Gasteiger partial charge on any atom is 0.261 e. The number of amides is 2. The molecule has 0 N–H and O–H groups in total. The Labute approximate surface area is 99.7 Å². The molecule has 2 amide bonds. The van der Waals surface area contributed by atoms with Gasteiger partial charge in [0.05, 0.1) is 5.69 Å². The number of halogens is 2. The van der Waals surface area contributed by atoms with Gasteiger partial charge in [0.25, 0.3) is 11.8 Å². The average molecular weight is 284 g/mol. The molecule has 1 aliphatic rings. The molecule has 1 aromatic rings. The number of imide groups is 1. The Morgan fingerprint density at radius 2 is 2.00 bits per heavy atom. The minimum Gasteiger partial charge on any atom is -0.269 e. The van der Waals surface area contributed by atoms with Gasteiger partial charge in [-0.25, -0.2) is 9.29 Å². The molecule has 0 saturated heterocycles. The molecule has 16 heavy (non-hydrogen) atoms. The van der Waals surface area contributed by atoms with Crippen LogP contribution in [0.1, 0.15) is 6.92 Å². The number of hydrogen-bond donors (Lipinski definition) is 0. The van der Waals surface area contributed by atoms with E-state index in [0.717, 1.165) is 4.90 Å². The summed E-state index contributed by atoms with van der Waals surface area (Å²) in [6, 6.07) is 4.11. The largest absolute Gasteiger partial charge is 0.269 e. The molecule has 0 fully saturated rings. The van der Waals surface area contributed by atoms with E-state index in [1.165, 1.54) is 31.2 Å². The van der Waals surface area contributed by atoms with Gasteiger partial charge in [0.15, 0.2) is 0 Å². The fourth-order valence-electron chi connectivity index (χ4n) is 1.47. The molecule has 1 aliphatic heterocycles. The molecule has 0 saturated carbocycles. The monoisotopic (exact) mass is 283 g/mol. The Kier molecular flexibility index (Phi) is 2.63. The molecule has 82 valence electrons. The average Bonchev–Trinajstić information content (AvgIpc) is 2.46. The van der Waals surface area contributed by atoms with E-state index in [9.17, 15) is 14.0 Å². The molecule has 0 spiro atoms. The molecule has 5 heteroatoms. The zero-order chi connectivity index (χ0) is 11.9. The second-order valence-electron chi connectivity index (χ2n) is 3.40. The number of nitrogens with zero attached hydrogens (tertiary/aromatic N) is 1. The normalized spacial score (nSPS) is 15.7. The highest BCUT2D eigenvalue weighted by atomic mass is 79.9. The standard InChI is InChI=1S/C11H7BrFNO2/c1-6-4-10(15)14(11(6)16)9-5-7(12)2-3-8(9)13/h2-5H,1H3. The molecule has 2 rings (SSSR count). The first kappa shape index (κ1) is 11.0. The number of rotatable bonds is 1. The van der Waals surface area contributed by atoms with Crippen molar-refractivity contribution in [1.29, 1.82) is 0 Å². The van der Waals surface area contributed by atoms with Crippen LogP contribution in [0.25, 0.3) is 0 Å². The van der Waals surface area contributed by atoms with Crippen LogP contribution in [0.4, 0.5) is 10.1 Å². The maximum atomic E-state index is 13.5. The van der Waals surface area contributed by atoms with E-state index in [1.54, 1.807) is 0 Å². The van der Waals surface area contributed by atoms with Crippen molar-refractivity contribution in [1.82, 2.24) is 0 Å². The third-order valence-corrected chi connectivity index (χ3v) is 2.74. The molecule has 0 radical (unpaired) electrons. The SMILES string of the molecule is CC1=CC(=O)N(c2cc(Br)ccc2F)C1=O. The molecule has 0 aliphatic carbocycles. The zero-order valence-electron chi connectivity index (χ0n) is 8.33. The van der Waals surface area contributed by atoms with Crippen LogP contribution in [-0.4, -0.2) is 11.8 Å². The van der Waals surface area contributed by atoms with Gasteiger partial charge in [0, 0.05) is 16.1 Å². The van der Waals surface area contributed by atoms with Crippen molar-refractivity contribution in [2.45, 2.75) is 6.92 Å². The summed E-state index contributed by atoms with van der Waals surface area (Å²) in [5.74, 6) is -1.60. The summed E-state index contributed by atoms with van der Waals surface area (Å²) in [6.45, 7) is 1.52. The minimum absolute atomic E-state index is 0.0301. The maximum absolute atomic E-state index is 13.5. The number of benzene rings is 1. The summed E-state index contributed by atoms with van der Waals surface area (Å²) in [6.07, 6.45) is 1.20. The van der Waals surface area contributed by atoms with Crippen molar-refractivity contribution in [2.24, 2.45) is 0 Å². The highest BCUT2D eigenvalue weighted by Crippen LogP contribution is 2.28. The van der Waals surface area contributed by atoms with Gasteiger partial charge in [-0.15, -0.1) is 0 Å². The van der Waals surface area contributed by atoms with E-state index in [2.05, 4.69) is 15.9 Å². The second kappa shape index (κ2) is 3.83. The van der Waals surface area contributed by atoms with Crippen LogP contribution in [0, 0.1) is 5.82 Å². The van der Waals surface area contributed by atoms with Crippen LogP contribution in [-0.2, 0) is 9.59 Å². The minimum atomic E-state index is -0.604. The van der Waals surface area contributed by atoms with Crippen LogP contribution in [0.3, 0.4) is 0 Å². The van der Waals surface area contributed by atoms with Gasteiger partial charge in [-0.1, -0.05) is 15.9 Å². The molecular formula is C11H7BrFNO2. The molecule has 0 atom stereocenters. The Morgan fingerprint density at radius 3 is 2.56 bits per heavy atom. The van der Waals surface area contributed by atoms with Gasteiger partial charge in [-0.05, 0) is 25.1 Å². The summed E-state index contributed by atoms with van der Waals surface area (Å²) in [4.78, 5) is 24.0. The van der Waals surface area contributed by atoms with Gasteiger partial charge >= 0.3 is 0 Å². The molecule has 1 heterocycles. The Morgan fingerprint density at radius 1 is 1.31 bits per heavy atom. The van der Waals surface area contributed by atoms with Gasteiger partial charge < -0.3 is 0 Å². The second-order valence-corrected chi connectivity index (χ2v) is 4.32. The van der Waals surface area contributed by atoms with Crippen molar-refractivity contribution in [2.75, 3.05) is 4.90 Å². The van der Waals surface area contributed by atoms with Crippen molar-refractivity contribution in [3.05, 3.63) is 40.1 Å². The van der Waals surface area contributed by atoms with Crippen molar-refractivity contribution < 1.29 is 14.0 Å². The predicted octanol–water partition coefficient (Wildman–Crippen LogP) is 2.41. The Balaban J connectivity index is 2.50. The number of carbonyl (C=O) groups excluding carboxylic acids is 2. The van der Waals surface area contributed by atoms with Crippen LogP contribution in [0.5, 0.6) is 0 Å². The molecule has 0 bridgehead atoms. The molecular weight excluding hydrogens is 277 g/mol. The van der Waals surface area contributed by atoms with Crippen LogP contribution in [0.15, 0.2) is 34.3 Å². The third kappa shape index (κ3) is 1.67.